The van der Waals surface area contributed by atoms with Gasteiger partial charge in [-0.25, -0.2) is 4.39 Å². The molecule has 2 unspecified atom stereocenters. The van der Waals surface area contributed by atoms with Gasteiger partial charge in [-0.15, -0.1) is 0 Å². The van der Waals surface area contributed by atoms with Crippen LogP contribution in [-0.2, 0) is 4.79 Å². The van der Waals surface area contributed by atoms with Crippen LogP contribution in [0.25, 0.3) is 0 Å². The first kappa shape index (κ1) is 23.7. The van der Waals surface area contributed by atoms with Gasteiger partial charge in [0.25, 0.3) is 11.8 Å². The zero-order chi connectivity index (χ0) is 24.0. The maximum atomic E-state index is 14.3. The number of furan rings is 1. The molecule has 3 aromatic rings. The highest BCUT2D eigenvalue weighted by Crippen LogP contribution is 2.22. The molecule has 0 bridgehead atoms. The molecule has 2 atom stereocenters. The van der Waals surface area contributed by atoms with E-state index in [2.05, 4.69) is 16.0 Å². The maximum absolute atomic E-state index is 14.3. The van der Waals surface area contributed by atoms with Gasteiger partial charge in [0.15, 0.2) is 0 Å². The van der Waals surface area contributed by atoms with Crippen LogP contribution in [0.1, 0.15) is 46.7 Å². The SMILES string of the molecule is CCC(C)C(NC(=O)c1ccccc1)C(=O)Nc1ccc(F)c(NC(=O)c2ccoc2C)c1. The first-order valence-corrected chi connectivity index (χ1v) is 10.6. The van der Waals surface area contributed by atoms with Gasteiger partial charge in [-0.3, -0.25) is 14.4 Å². The molecule has 0 aliphatic carbocycles. The van der Waals surface area contributed by atoms with E-state index >= 15 is 0 Å². The second-order valence-corrected chi connectivity index (χ2v) is 7.73. The lowest BCUT2D eigenvalue weighted by Gasteiger charge is -2.24. The van der Waals surface area contributed by atoms with E-state index in [-0.39, 0.29) is 28.8 Å². The molecular formula is C25H26FN3O4. The van der Waals surface area contributed by atoms with E-state index in [0.717, 1.165) is 6.07 Å². The average molecular weight is 451 g/mol. The summed E-state index contributed by atoms with van der Waals surface area (Å²) in [4.78, 5) is 38.0. The molecule has 172 valence electrons. The highest BCUT2D eigenvalue weighted by molar-refractivity contribution is 6.06. The number of hydrogen-bond acceptors (Lipinski definition) is 4. The minimum absolute atomic E-state index is 0.0909. The van der Waals surface area contributed by atoms with E-state index in [1.165, 1.54) is 24.5 Å². The fourth-order valence-corrected chi connectivity index (χ4v) is 3.25. The van der Waals surface area contributed by atoms with E-state index in [0.29, 0.717) is 17.7 Å². The third-order valence-electron chi connectivity index (χ3n) is 5.40. The van der Waals surface area contributed by atoms with Crippen LogP contribution in [0, 0.1) is 18.7 Å². The Morgan fingerprint density at radius 2 is 1.73 bits per heavy atom. The highest BCUT2D eigenvalue weighted by atomic mass is 19.1. The van der Waals surface area contributed by atoms with Gasteiger partial charge >= 0.3 is 0 Å². The molecule has 2 aromatic carbocycles. The molecule has 0 aliphatic heterocycles. The molecule has 7 nitrogen and oxygen atoms in total. The summed E-state index contributed by atoms with van der Waals surface area (Å²) in [6, 6.07) is 13.2. The van der Waals surface area contributed by atoms with Crippen LogP contribution < -0.4 is 16.0 Å². The van der Waals surface area contributed by atoms with Crippen molar-refractivity contribution < 1.29 is 23.2 Å². The molecule has 33 heavy (non-hydrogen) atoms. The van der Waals surface area contributed by atoms with Crippen LogP contribution in [0.4, 0.5) is 15.8 Å². The van der Waals surface area contributed by atoms with Crippen molar-refractivity contribution in [2.24, 2.45) is 5.92 Å². The molecule has 0 saturated heterocycles. The van der Waals surface area contributed by atoms with Crippen LogP contribution in [0.15, 0.2) is 65.3 Å². The molecule has 3 N–H and O–H groups in total. The topological polar surface area (TPSA) is 100 Å². The standard InChI is InChI=1S/C25H26FN3O4/c1-4-15(2)22(29-23(30)17-8-6-5-7-9-17)25(32)27-18-10-11-20(26)21(14-18)28-24(31)19-12-13-33-16(19)3/h5-15,22H,4H2,1-3H3,(H,27,32)(H,28,31)(H,29,30). The second kappa shape index (κ2) is 10.6. The lowest BCUT2D eigenvalue weighted by molar-refractivity contribution is -0.119. The van der Waals surface area contributed by atoms with Gasteiger partial charge in [0, 0.05) is 11.3 Å². The number of rotatable bonds is 8. The number of carbonyl (C=O) groups excluding carboxylic acids is 3. The van der Waals surface area contributed by atoms with Crippen molar-refractivity contribution in [1.82, 2.24) is 5.32 Å². The first-order valence-electron chi connectivity index (χ1n) is 10.6. The third kappa shape index (κ3) is 5.85. The van der Waals surface area contributed by atoms with Gasteiger partial charge in [-0.1, -0.05) is 38.5 Å². The van der Waals surface area contributed by atoms with Crippen molar-refractivity contribution in [3.05, 3.63) is 83.6 Å². The number of carbonyl (C=O) groups is 3. The summed E-state index contributed by atoms with van der Waals surface area (Å²) in [5, 5.41) is 7.98. The Morgan fingerprint density at radius 3 is 2.36 bits per heavy atom. The molecule has 0 spiro atoms. The number of halogens is 1. The Bertz CT molecular complexity index is 1140. The zero-order valence-electron chi connectivity index (χ0n) is 18.6. The van der Waals surface area contributed by atoms with E-state index in [9.17, 15) is 18.8 Å². The minimum atomic E-state index is -0.806. The molecule has 0 aliphatic rings. The molecule has 1 heterocycles. The van der Waals surface area contributed by atoms with Gasteiger partial charge in [-0.2, -0.15) is 0 Å². The quantitative estimate of drug-likeness (QED) is 0.460. The van der Waals surface area contributed by atoms with Crippen LogP contribution >= 0.6 is 0 Å². The number of amides is 3. The van der Waals surface area contributed by atoms with Crippen molar-refractivity contribution in [2.45, 2.75) is 33.2 Å². The smallest absolute Gasteiger partial charge is 0.259 e. The predicted molar refractivity (Wildman–Crippen MR) is 124 cm³/mol. The normalized spacial score (nSPS) is 12.5. The number of nitrogens with one attached hydrogen (secondary N) is 3. The zero-order valence-corrected chi connectivity index (χ0v) is 18.6. The van der Waals surface area contributed by atoms with Gasteiger partial charge in [0.05, 0.1) is 17.5 Å². The predicted octanol–water partition coefficient (Wildman–Crippen LogP) is 4.76. The Kier molecular flexibility index (Phi) is 7.61. The van der Waals surface area contributed by atoms with Crippen molar-refractivity contribution >= 4 is 29.1 Å². The molecule has 1 aromatic heterocycles. The van der Waals surface area contributed by atoms with Gasteiger partial charge in [0.1, 0.15) is 17.6 Å². The molecule has 3 rings (SSSR count). The van der Waals surface area contributed by atoms with Crippen molar-refractivity contribution in [1.29, 1.82) is 0 Å². The van der Waals surface area contributed by atoms with Crippen LogP contribution in [-0.4, -0.2) is 23.8 Å². The van der Waals surface area contributed by atoms with Gasteiger partial charge in [0.2, 0.25) is 5.91 Å². The number of anilines is 2. The maximum Gasteiger partial charge on any atom is 0.259 e. The summed E-state index contributed by atoms with van der Waals surface area (Å²) in [6.07, 6.45) is 2.03. The van der Waals surface area contributed by atoms with E-state index in [1.54, 1.807) is 37.3 Å². The Morgan fingerprint density at radius 1 is 1.00 bits per heavy atom. The first-order chi connectivity index (χ1) is 15.8. The largest absolute Gasteiger partial charge is 0.469 e. The third-order valence-corrected chi connectivity index (χ3v) is 5.40. The summed E-state index contributed by atoms with van der Waals surface area (Å²) in [7, 11) is 0. The Balaban J connectivity index is 1.75. The van der Waals surface area contributed by atoms with Gasteiger partial charge < -0.3 is 20.4 Å². The van der Waals surface area contributed by atoms with Crippen LogP contribution in [0.5, 0.6) is 0 Å². The summed E-state index contributed by atoms with van der Waals surface area (Å²) in [6.45, 7) is 5.41. The summed E-state index contributed by atoms with van der Waals surface area (Å²) >= 11 is 0. The van der Waals surface area contributed by atoms with E-state index < -0.39 is 23.7 Å². The number of aryl methyl sites for hydroxylation is 1. The summed E-state index contributed by atoms with van der Waals surface area (Å²) in [5.41, 5.74) is 0.916. The molecule has 0 saturated carbocycles. The number of hydrogen-bond donors (Lipinski definition) is 3. The van der Waals surface area contributed by atoms with Crippen molar-refractivity contribution in [3.63, 3.8) is 0 Å². The van der Waals surface area contributed by atoms with Crippen LogP contribution in [0.2, 0.25) is 0 Å². The fraction of sp³-hybridized carbons (Fsp3) is 0.240. The average Bonchev–Trinajstić information content (AvgIpc) is 3.25. The molecule has 0 radical (unpaired) electrons. The Hall–Kier alpha value is -3.94. The van der Waals surface area contributed by atoms with Crippen molar-refractivity contribution in [3.8, 4) is 0 Å². The number of benzene rings is 2. The van der Waals surface area contributed by atoms with Crippen molar-refractivity contribution in [2.75, 3.05) is 10.6 Å². The molecule has 8 heteroatoms. The van der Waals surface area contributed by atoms with Crippen LogP contribution in [0.3, 0.4) is 0 Å². The Labute approximate surface area is 191 Å². The molecule has 3 amide bonds. The molecule has 0 fully saturated rings. The lowest BCUT2D eigenvalue weighted by Crippen LogP contribution is -2.47. The lowest BCUT2D eigenvalue weighted by atomic mass is 9.97. The summed E-state index contributed by atoms with van der Waals surface area (Å²) in [5.74, 6) is -1.74. The second-order valence-electron chi connectivity index (χ2n) is 7.73. The fourth-order valence-electron chi connectivity index (χ4n) is 3.25. The minimum Gasteiger partial charge on any atom is -0.469 e. The molecular weight excluding hydrogens is 425 g/mol. The van der Waals surface area contributed by atoms with E-state index in [1.807, 2.05) is 13.8 Å². The van der Waals surface area contributed by atoms with E-state index in [4.69, 9.17) is 4.42 Å². The monoisotopic (exact) mass is 451 g/mol. The van der Waals surface area contributed by atoms with Gasteiger partial charge in [-0.05, 0) is 49.2 Å². The highest BCUT2D eigenvalue weighted by Gasteiger charge is 2.26. The summed E-state index contributed by atoms with van der Waals surface area (Å²) < 4.78 is 19.4.